The van der Waals surface area contributed by atoms with E-state index in [2.05, 4.69) is 20.4 Å². The fraction of sp³-hybridized carbons (Fsp3) is 0.0714. The Balaban J connectivity index is 1.46. The summed E-state index contributed by atoms with van der Waals surface area (Å²) in [6, 6.07) is 26.0. The molecule has 5 aromatic rings. The number of nitrogens with one attached hydrogen (secondary N) is 1. The van der Waals surface area contributed by atoms with E-state index in [-0.39, 0.29) is 29.9 Å². The zero-order valence-electron chi connectivity index (χ0n) is 19.6. The maximum atomic E-state index is 12.9. The third-order valence-corrected chi connectivity index (χ3v) is 5.88. The maximum Gasteiger partial charge on any atom is 0.243 e. The van der Waals surface area contributed by atoms with Crippen molar-refractivity contribution in [3.63, 3.8) is 0 Å². The smallest absolute Gasteiger partial charge is 0.243 e. The highest BCUT2D eigenvalue weighted by Gasteiger charge is 2.24. The Hall–Kier alpha value is -4.69. The van der Waals surface area contributed by atoms with Gasteiger partial charge in [-0.05, 0) is 35.4 Å². The first-order valence-electron chi connectivity index (χ1n) is 11.5. The number of carbonyl (C=O) groups excluding carboxylic acids is 1. The van der Waals surface area contributed by atoms with Crippen LogP contribution in [-0.4, -0.2) is 21.0 Å². The van der Waals surface area contributed by atoms with Crippen molar-refractivity contribution >= 4 is 29.2 Å². The molecule has 0 aliphatic carbocycles. The molecule has 0 aliphatic rings. The zero-order valence-corrected chi connectivity index (χ0v) is 20.4. The lowest BCUT2D eigenvalue weighted by Gasteiger charge is -2.09. The Kier molecular flexibility index (Phi) is 7.09. The van der Waals surface area contributed by atoms with Gasteiger partial charge in [0.05, 0.1) is 6.42 Å². The number of amides is 1. The molecule has 0 spiro atoms. The Bertz CT molecular complexity index is 1540. The summed E-state index contributed by atoms with van der Waals surface area (Å²) in [5.74, 6) is 0.951. The number of ether oxygens (including phenoxy) is 1. The highest BCUT2D eigenvalue weighted by molar-refractivity contribution is 6.31. The summed E-state index contributed by atoms with van der Waals surface area (Å²) >= 11 is 6.22. The predicted molar refractivity (Wildman–Crippen MR) is 142 cm³/mol. The van der Waals surface area contributed by atoms with E-state index in [1.54, 1.807) is 24.3 Å². The number of carbonyl (C=O) groups is 1. The van der Waals surface area contributed by atoms with Crippen LogP contribution in [0.2, 0.25) is 5.02 Å². The number of rotatable bonds is 8. The molecule has 9 heteroatoms. The summed E-state index contributed by atoms with van der Waals surface area (Å²) in [7, 11) is 0. The Morgan fingerprint density at radius 2 is 1.81 bits per heavy atom. The van der Waals surface area contributed by atoms with Gasteiger partial charge in [-0.2, -0.15) is 0 Å². The van der Waals surface area contributed by atoms with E-state index in [0.29, 0.717) is 39.8 Å². The van der Waals surface area contributed by atoms with Gasteiger partial charge >= 0.3 is 0 Å². The van der Waals surface area contributed by atoms with Crippen LogP contribution in [0.3, 0.4) is 0 Å². The van der Waals surface area contributed by atoms with Crippen molar-refractivity contribution in [3.05, 3.63) is 107 Å². The van der Waals surface area contributed by atoms with Gasteiger partial charge in [0.25, 0.3) is 0 Å². The van der Waals surface area contributed by atoms with Crippen LogP contribution in [0.15, 0.2) is 95.6 Å². The summed E-state index contributed by atoms with van der Waals surface area (Å²) in [6.45, 7) is 0.414. The summed E-state index contributed by atoms with van der Waals surface area (Å²) in [6.07, 6.45) is 1.58. The van der Waals surface area contributed by atoms with Gasteiger partial charge in [0.1, 0.15) is 29.4 Å². The Morgan fingerprint density at radius 1 is 1.00 bits per heavy atom. The quantitative estimate of drug-likeness (QED) is 0.270. The normalized spacial score (nSPS) is 10.7. The average Bonchev–Trinajstić information content (AvgIpc) is 3.33. The van der Waals surface area contributed by atoms with Gasteiger partial charge in [0.2, 0.25) is 11.8 Å². The first kappa shape index (κ1) is 24.0. The zero-order chi connectivity index (χ0) is 25.6. The molecule has 8 nitrogen and oxygen atoms in total. The number of nitrogens with two attached hydrogens (primary N) is 1. The van der Waals surface area contributed by atoms with Gasteiger partial charge in [-0.1, -0.05) is 77.4 Å². The highest BCUT2D eigenvalue weighted by atomic mass is 35.5. The van der Waals surface area contributed by atoms with Crippen LogP contribution >= 0.6 is 11.6 Å². The summed E-state index contributed by atoms with van der Waals surface area (Å²) in [4.78, 5) is 21.5. The monoisotopic (exact) mass is 511 g/mol. The van der Waals surface area contributed by atoms with Crippen molar-refractivity contribution in [3.8, 4) is 28.4 Å². The molecule has 184 valence electrons. The van der Waals surface area contributed by atoms with E-state index in [1.807, 2.05) is 60.7 Å². The molecular formula is C28H22ClN5O3. The number of nitrogen functional groups attached to an aromatic ring is 1. The molecule has 3 aromatic carbocycles. The van der Waals surface area contributed by atoms with Crippen LogP contribution in [-0.2, 0) is 17.8 Å². The third-order valence-electron chi connectivity index (χ3n) is 5.51. The van der Waals surface area contributed by atoms with Crippen LogP contribution in [0.4, 0.5) is 11.7 Å². The third kappa shape index (κ3) is 5.76. The lowest BCUT2D eigenvalue weighted by atomic mass is 10.1. The van der Waals surface area contributed by atoms with Gasteiger partial charge in [-0.3, -0.25) is 10.1 Å². The molecule has 0 bridgehead atoms. The largest absolute Gasteiger partial charge is 0.489 e. The van der Waals surface area contributed by atoms with E-state index in [4.69, 9.17) is 26.6 Å². The minimum absolute atomic E-state index is 0.0513. The van der Waals surface area contributed by atoms with Crippen LogP contribution in [0.1, 0.15) is 11.1 Å². The second-order valence-electron chi connectivity index (χ2n) is 8.16. The second-order valence-corrected chi connectivity index (χ2v) is 8.57. The standard InChI is InChI=1S/C28H22ClN5O3/c29-22-12-5-4-9-19(22)16-24(35)33-28-25(27-31-14-13-23(30)32-27)26(34-37-28)20-10-6-11-21(15-20)36-17-18-7-2-1-3-8-18/h1-15H,16-17H2,(H,33,35)(H2,30,31,32). The fourth-order valence-corrected chi connectivity index (χ4v) is 3.94. The molecule has 1 amide bonds. The fourth-order valence-electron chi connectivity index (χ4n) is 3.73. The molecule has 37 heavy (non-hydrogen) atoms. The van der Waals surface area contributed by atoms with Crippen molar-refractivity contribution in [2.24, 2.45) is 0 Å². The van der Waals surface area contributed by atoms with Gasteiger partial charge in [0.15, 0.2) is 5.82 Å². The van der Waals surface area contributed by atoms with Crippen molar-refractivity contribution < 1.29 is 14.1 Å². The Labute approximate surface area is 218 Å². The van der Waals surface area contributed by atoms with Crippen molar-refractivity contribution in [1.29, 1.82) is 0 Å². The molecule has 0 atom stereocenters. The summed E-state index contributed by atoms with van der Waals surface area (Å²) in [5, 5.41) is 7.52. The number of halogens is 1. The minimum Gasteiger partial charge on any atom is -0.489 e. The number of aromatic nitrogens is 3. The van der Waals surface area contributed by atoms with Gasteiger partial charge in [-0.25, -0.2) is 9.97 Å². The molecule has 5 rings (SSSR count). The second kappa shape index (κ2) is 10.9. The van der Waals surface area contributed by atoms with E-state index in [0.717, 1.165) is 5.56 Å². The molecule has 2 heterocycles. The summed E-state index contributed by atoms with van der Waals surface area (Å²) in [5.41, 5.74) is 9.19. The van der Waals surface area contributed by atoms with Gasteiger partial charge in [0, 0.05) is 16.8 Å². The topological polar surface area (TPSA) is 116 Å². The van der Waals surface area contributed by atoms with E-state index < -0.39 is 0 Å². The number of nitrogens with zero attached hydrogens (tertiary/aromatic N) is 3. The van der Waals surface area contributed by atoms with Crippen LogP contribution in [0.5, 0.6) is 5.75 Å². The van der Waals surface area contributed by atoms with Gasteiger partial charge in [-0.15, -0.1) is 0 Å². The summed E-state index contributed by atoms with van der Waals surface area (Å²) < 4.78 is 11.6. The first-order valence-corrected chi connectivity index (χ1v) is 11.8. The lowest BCUT2D eigenvalue weighted by Crippen LogP contribution is -2.15. The van der Waals surface area contributed by atoms with Crippen molar-refractivity contribution in [1.82, 2.24) is 15.1 Å². The molecule has 0 aliphatic heterocycles. The van der Waals surface area contributed by atoms with Crippen molar-refractivity contribution in [2.45, 2.75) is 13.0 Å². The van der Waals surface area contributed by atoms with Crippen LogP contribution in [0, 0.1) is 0 Å². The molecule has 0 unspecified atom stereocenters. The molecule has 0 radical (unpaired) electrons. The molecule has 2 aromatic heterocycles. The number of hydrogen-bond donors (Lipinski definition) is 2. The number of anilines is 2. The maximum absolute atomic E-state index is 12.9. The highest BCUT2D eigenvalue weighted by Crippen LogP contribution is 2.37. The number of hydrogen-bond acceptors (Lipinski definition) is 7. The van der Waals surface area contributed by atoms with Crippen LogP contribution in [0.25, 0.3) is 22.6 Å². The predicted octanol–water partition coefficient (Wildman–Crippen LogP) is 5.79. The SMILES string of the molecule is Nc1ccnc(-c2c(-c3cccc(OCc4ccccc4)c3)noc2NC(=O)Cc2ccccc2Cl)n1. The molecule has 0 saturated carbocycles. The Morgan fingerprint density at radius 3 is 2.62 bits per heavy atom. The molecule has 0 saturated heterocycles. The average molecular weight is 512 g/mol. The van der Waals surface area contributed by atoms with E-state index in [1.165, 1.54) is 6.20 Å². The van der Waals surface area contributed by atoms with Crippen molar-refractivity contribution in [2.75, 3.05) is 11.1 Å². The lowest BCUT2D eigenvalue weighted by molar-refractivity contribution is -0.115. The molecule has 0 fully saturated rings. The van der Waals surface area contributed by atoms with E-state index in [9.17, 15) is 4.79 Å². The van der Waals surface area contributed by atoms with E-state index >= 15 is 0 Å². The van der Waals surface area contributed by atoms with Crippen LogP contribution < -0.4 is 15.8 Å². The van der Waals surface area contributed by atoms with Gasteiger partial charge < -0.3 is 15.0 Å². The molecular weight excluding hydrogens is 490 g/mol. The first-order chi connectivity index (χ1) is 18.1. The minimum atomic E-state index is -0.333. The number of benzene rings is 3. The molecule has 3 N–H and O–H groups in total.